The van der Waals surface area contributed by atoms with Gasteiger partial charge in [0.25, 0.3) is 0 Å². The summed E-state index contributed by atoms with van der Waals surface area (Å²) >= 11 is 0. The Bertz CT molecular complexity index is 361. The van der Waals surface area contributed by atoms with Gasteiger partial charge in [-0.3, -0.25) is 15.0 Å². The van der Waals surface area contributed by atoms with E-state index in [0.717, 1.165) is 6.54 Å². The molecule has 0 spiro atoms. The Morgan fingerprint density at radius 2 is 1.81 bits per heavy atom. The van der Waals surface area contributed by atoms with Crippen LogP contribution in [0.4, 0.5) is 0 Å². The highest BCUT2D eigenvalue weighted by molar-refractivity contribution is 5.84. The van der Waals surface area contributed by atoms with Gasteiger partial charge in [0.15, 0.2) is 0 Å². The Hall–Kier alpha value is -0.610. The van der Waals surface area contributed by atoms with E-state index in [4.69, 9.17) is 0 Å². The second kappa shape index (κ2) is 6.66. The van der Waals surface area contributed by atoms with Crippen LogP contribution in [-0.2, 0) is 4.79 Å². The zero-order valence-corrected chi connectivity index (χ0v) is 13.7. The molecule has 2 saturated heterocycles. The van der Waals surface area contributed by atoms with E-state index in [1.165, 1.54) is 58.0 Å². The van der Waals surface area contributed by atoms with Crippen molar-refractivity contribution >= 4 is 5.91 Å². The smallest absolute Gasteiger partial charge is 0.240 e. The Morgan fingerprint density at radius 1 is 1.14 bits per heavy atom. The number of likely N-dealkylation sites (tertiary alicyclic amines) is 1. The lowest BCUT2D eigenvalue weighted by Crippen LogP contribution is -2.50. The van der Waals surface area contributed by atoms with E-state index in [2.05, 4.69) is 22.0 Å². The SMILES string of the molecule is CC1NC(C2CCCC2)N(CC(C)N2CCCCC2)C1=O. The van der Waals surface area contributed by atoms with Crippen molar-refractivity contribution in [3.8, 4) is 0 Å². The molecule has 3 rings (SSSR count). The van der Waals surface area contributed by atoms with Crippen molar-refractivity contribution in [1.82, 2.24) is 15.1 Å². The predicted octanol–water partition coefficient (Wildman–Crippen LogP) is 2.20. The van der Waals surface area contributed by atoms with Crippen LogP contribution < -0.4 is 5.32 Å². The normalized spacial score (nSPS) is 33.8. The van der Waals surface area contributed by atoms with Crippen LogP contribution in [-0.4, -0.2) is 53.6 Å². The molecular formula is C17H31N3O. The van der Waals surface area contributed by atoms with E-state index in [-0.39, 0.29) is 6.04 Å². The summed E-state index contributed by atoms with van der Waals surface area (Å²) in [5, 5.41) is 3.56. The third-order valence-corrected chi connectivity index (χ3v) is 5.73. The second-order valence-corrected chi connectivity index (χ2v) is 7.31. The molecule has 1 aliphatic carbocycles. The van der Waals surface area contributed by atoms with Crippen molar-refractivity contribution in [2.45, 2.75) is 77.0 Å². The molecule has 4 nitrogen and oxygen atoms in total. The molecule has 1 saturated carbocycles. The molecule has 0 bridgehead atoms. The molecule has 0 radical (unpaired) electrons. The first kappa shape index (κ1) is 15.3. The highest BCUT2D eigenvalue weighted by Crippen LogP contribution is 2.32. The average Bonchev–Trinajstić information content (AvgIpc) is 3.12. The van der Waals surface area contributed by atoms with E-state index >= 15 is 0 Å². The maximum absolute atomic E-state index is 12.5. The van der Waals surface area contributed by atoms with Crippen LogP contribution in [0.3, 0.4) is 0 Å². The van der Waals surface area contributed by atoms with Crippen LogP contribution in [0.1, 0.15) is 58.8 Å². The third-order valence-electron chi connectivity index (χ3n) is 5.73. The molecule has 0 aromatic heterocycles. The van der Waals surface area contributed by atoms with E-state index in [1.807, 2.05) is 6.92 Å². The van der Waals surface area contributed by atoms with Crippen LogP contribution in [0.25, 0.3) is 0 Å². The first-order valence-corrected chi connectivity index (χ1v) is 8.97. The molecule has 3 aliphatic rings. The summed E-state index contributed by atoms with van der Waals surface area (Å²) in [6, 6.07) is 0.495. The fourth-order valence-corrected chi connectivity index (χ4v) is 4.43. The van der Waals surface area contributed by atoms with Gasteiger partial charge in [-0.25, -0.2) is 0 Å². The lowest BCUT2D eigenvalue weighted by molar-refractivity contribution is -0.131. The summed E-state index contributed by atoms with van der Waals surface area (Å²) in [5.74, 6) is 0.989. The van der Waals surface area contributed by atoms with Gasteiger partial charge < -0.3 is 4.90 Å². The van der Waals surface area contributed by atoms with Gasteiger partial charge in [0.2, 0.25) is 5.91 Å². The largest absolute Gasteiger partial charge is 0.324 e. The highest BCUT2D eigenvalue weighted by Gasteiger charge is 2.42. The van der Waals surface area contributed by atoms with E-state index < -0.39 is 0 Å². The highest BCUT2D eigenvalue weighted by atomic mass is 16.2. The molecule has 1 N–H and O–H groups in total. The minimum absolute atomic E-state index is 0.00385. The fourth-order valence-electron chi connectivity index (χ4n) is 4.43. The molecule has 3 fully saturated rings. The number of hydrogen-bond donors (Lipinski definition) is 1. The van der Waals surface area contributed by atoms with Gasteiger partial charge in [-0.2, -0.15) is 0 Å². The molecular weight excluding hydrogens is 262 g/mol. The number of carbonyl (C=O) groups excluding carboxylic acids is 1. The maximum atomic E-state index is 12.5. The quantitative estimate of drug-likeness (QED) is 0.863. The van der Waals surface area contributed by atoms with Gasteiger partial charge >= 0.3 is 0 Å². The van der Waals surface area contributed by atoms with Crippen LogP contribution in [0.5, 0.6) is 0 Å². The molecule has 120 valence electrons. The summed E-state index contributed by atoms with van der Waals surface area (Å²) in [6.45, 7) is 7.64. The van der Waals surface area contributed by atoms with E-state index in [0.29, 0.717) is 24.0 Å². The minimum Gasteiger partial charge on any atom is -0.324 e. The van der Waals surface area contributed by atoms with Gasteiger partial charge in [-0.05, 0) is 58.5 Å². The van der Waals surface area contributed by atoms with Crippen molar-refractivity contribution in [1.29, 1.82) is 0 Å². The number of nitrogens with one attached hydrogen (secondary N) is 1. The summed E-state index contributed by atoms with van der Waals surface area (Å²) in [5.41, 5.74) is 0. The van der Waals surface area contributed by atoms with Crippen molar-refractivity contribution in [3.05, 3.63) is 0 Å². The van der Waals surface area contributed by atoms with Gasteiger partial charge in [-0.1, -0.05) is 19.3 Å². The summed E-state index contributed by atoms with van der Waals surface area (Å²) in [4.78, 5) is 17.3. The van der Waals surface area contributed by atoms with Gasteiger partial charge in [0.05, 0.1) is 12.2 Å². The number of carbonyl (C=O) groups is 1. The standard InChI is InChI=1S/C17H31N3O/c1-13(19-10-6-3-7-11-19)12-20-16(15-8-4-5-9-15)18-14(2)17(20)21/h13-16,18H,3-12H2,1-2H3. The minimum atomic E-state index is 0.00385. The zero-order valence-electron chi connectivity index (χ0n) is 13.7. The molecule has 2 heterocycles. The summed E-state index contributed by atoms with van der Waals surface area (Å²) in [7, 11) is 0. The molecule has 4 heteroatoms. The third kappa shape index (κ3) is 3.26. The van der Waals surface area contributed by atoms with Crippen LogP contribution in [0, 0.1) is 5.92 Å². The van der Waals surface area contributed by atoms with Crippen molar-refractivity contribution in [3.63, 3.8) is 0 Å². The Morgan fingerprint density at radius 3 is 2.48 bits per heavy atom. The molecule has 3 atom stereocenters. The fraction of sp³-hybridized carbons (Fsp3) is 0.941. The number of amides is 1. The Kier molecular flexibility index (Phi) is 4.85. The first-order chi connectivity index (χ1) is 10.2. The number of piperidine rings is 1. The van der Waals surface area contributed by atoms with Crippen LogP contribution in [0.2, 0.25) is 0 Å². The second-order valence-electron chi connectivity index (χ2n) is 7.31. The topological polar surface area (TPSA) is 35.6 Å². The maximum Gasteiger partial charge on any atom is 0.240 e. The lowest BCUT2D eigenvalue weighted by Gasteiger charge is -2.37. The van der Waals surface area contributed by atoms with Crippen LogP contribution >= 0.6 is 0 Å². The number of rotatable bonds is 4. The van der Waals surface area contributed by atoms with Gasteiger partial charge in [0.1, 0.15) is 0 Å². The van der Waals surface area contributed by atoms with E-state index in [9.17, 15) is 4.79 Å². The van der Waals surface area contributed by atoms with Gasteiger partial charge in [-0.15, -0.1) is 0 Å². The average molecular weight is 293 g/mol. The lowest BCUT2D eigenvalue weighted by atomic mass is 10.0. The Balaban J connectivity index is 1.63. The monoisotopic (exact) mass is 293 g/mol. The van der Waals surface area contributed by atoms with E-state index in [1.54, 1.807) is 0 Å². The van der Waals surface area contributed by atoms with Crippen molar-refractivity contribution < 1.29 is 4.79 Å². The zero-order chi connectivity index (χ0) is 14.8. The predicted molar refractivity (Wildman–Crippen MR) is 84.9 cm³/mol. The van der Waals surface area contributed by atoms with Gasteiger partial charge in [0, 0.05) is 12.6 Å². The first-order valence-electron chi connectivity index (χ1n) is 8.97. The number of nitrogens with zero attached hydrogens (tertiary/aromatic N) is 2. The molecule has 21 heavy (non-hydrogen) atoms. The Labute approximate surface area is 129 Å². The molecule has 0 aromatic rings. The van der Waals surface area contributed by atoms with Crippen molar-refractivity contribution in [2.24, 2.45) is 5.92 Å². The molecule has 3 unspecified atom stereocenters. The molecule has 2 aliphatic heterocycles. The summed E-state index contributed by atoms with van der Waals surface area (Å²) < 4.78 is 0. The summed E-state index contributed by atoms with van der Waals surface area (Å²) in [6.07, 6.45) is 9.54. The number of hydrogen-bond acceptors (Lipinski definition) is 3. The molecule has 0 aromatic carbocycles. The molecule has 1 amide bonds. The van der Waals surface area contributed by atoms with Crippen LogP contribution in [0.15, 0.2) is 0 Å². The van der Waals surface area contributed by atoms with Crippen molar-refractivity contribution in [2.75, 3.05) is 19.6 Å².